The van der Waals surface area contributed by atoms with Crippen molar-refractivity contribution < 1.29 is 16.8 Å². The molecule has 1 aliphatic carbocycles. The van der Waals surface area contributed by atoms with Gasteiger partial charge < -0.3 is 14.9 Å². The van der Waals surface area contributed by atoms with Crippen LogP contribution in [0.25, 0.3) is 0 Å². The molecule has 1 saturated carbocycles. The van der Waals surface area contributed by atoms with Crippen LogP contribution in [0, 0.1) is 14.9 Å². The van der Waals surface area contributed by atoms with Gasteiger partial charge in [-0.1, -0.05) is 51.4 Å². The molecule has 1 aliphatic rings. The van der Waals surface area contributed by atoms with E-state index in [-0.39, 0.29) is 47.5 Å². The second-order valence-corrected chi connectivity index (χ2v) is 11.8. The Hall–Kier alpha value is 1.37. The monoisotopic (exact) mass is 355 g/mol. The Bertz CT molecular complexity index is 81.8. The molecule has 3 heteroatoms. The molecule has 123 valence electrons. The van der Waals surface area contributed by atoms with Crippen molar-refractivity contribution in [3.8, 4) is 0 Å². The summed E-state index contributed by atoms with van der Waals surface area (Å²) in [6.45, 7) is 13.6. The Morgan fingerprint density at radius 3 is 0.526 bits per heavy atom. The van der Waals surface area contributed by atoms with Gasteiger partial charge in [-0.2, -0.15) is 0 Å². The van der Waals surface area contributed by atoms with Crippen molar-refractivity contribution in [1.29, 1.82) is 0 Å². The van der Waals surface area contributed by atoms with Gasteiger partial charge >= 0.3 is 16.8 Å². The first kappa shape index (κ1) is 32.3. The van der Waals surface area contributed by atoms with E-state index in [2.05, 4.69) is 40.0 Å². The summed E-state index contributed by atoms with van der Waals surface area (Å²) in [4.78, 5) is 0. The Morgan fingerprint density at radius 2 is 0.474 bits per heavy atom. The van der Waals surface area contributed by atoms with E-state index in [1.807, 2.05) is 0 Å². The van der Waals surface area contributed by atoms with Gasteiger partial charge in [-0.3, -0.25) is 0 Å². The zero-order valence-corrected chi connectivity index (χ0v) is 18.0. The molecule has 0 amide bonds. The zero-order valence-electron chi connectivity index (χ0n) is 15.0. The molecule has 0 atom stereocenters. The van der Waals surface area contributed by atoms with E-state index in [0.29, 0.717) is 0 Å². The van der Waals surface area contributed by atoms with Crippen molar-refractivity contribution in [2.45, 2.75) is 51.4 Å². The van der Waals surface area contributed by atoms with E-state index in [1.54, 1.807) is 0 Å². The third-order valence-corrected chi connectivity index (χ3v) is 2.00. The summed E-state index contributed by atoms with van der Waals surface area (Å²) in [6.07, 6.45) is 12.0. The van der Waals surface area contributed by atoms with Gasteiger partial charge in [0.2, 0.25) is 0 Å². The van der Waals surface area contributed by atoms with Crippen LogP contribution >= 0.6 is 15.8 Å². The topological polar surface area (TPSA) is 0 Å². The van der Waals surface area contributed by atoms with Gasteiger partial charge in [0.05, 0.1) is 0 Å². The SMILES string of the molecule is C1CCCCCCC1.C[PH+](C)C.C[PH+](C)C.[CH3-].[CH3-].[Co+2]. The van der Waals surface area contributed by atoms with Crippen LogP contribution in [0.1, 0.15) is 51.4 Å². The smallest absolute Gasteiger partial charge is 0.358 e. The van der Waals surface area contributed by atoms with Crippen LogP contribution in [-0.2, 0) is 16.8 Å². The molecular weight excluding hydrogens is 313 g/mol. The van der Waals surface area contributed by atoms with Crippen molar-refractivity contribution in [3.05, 3.63) is 14.9 Å². The van der Waals surface area contributed by atoms with E-state index in [4.69, 9.17) is 0 Å². The molecule has 1 radical (unpaired) electrons. The molecule has 0 nitrogen and oxygen atoms in total. The minimum atomic E-state index is 0. The molecule has 0 aliphatic heterocycles. The molecule has 0 spiro atoms. The number of hydrogen-bond donors (Lipinski definition) is 0. The summed E-state index contributed by atoms with van der Waals surface area (Å²) in [6, 6.07) is 0. The average Bonchev–Trinajstić information content (AvgIpc) is 1.98. The Kier molecular flexibility index (Phi) is 47.1. The van der Waals surface area contributed by atoms with Crippen molar-refractivity contribution in [2.24, 2.45) is 0 Å². The summed E-state index contributed by atoms with van der Waals surface area (Å²) >= 11 is 0. The molecular formula is C16H42CoP2+2. The van der Waals surface area contributed by atoms with Crippen molar-refractivity contribution in [1.82, 2.24) is 0 Å². The summed E-state index contributed by atoms with van der Waals surface area (Å²) in [7, 11) is 0.241. The minimum Gasteiger partial charge on any atom is -0.358 e. The van der Waals surface area contributed by atoms with Gasteiger partial charge in [-0.15, -0.1) is 0 Å². The Labute approximate surface area is 139 Å². The van der Waals surface area contributed by atoms with Crippen LogP contribution in [0.3, 0.4) is 0 Å². The molecule has 0 bridgehead atoms. The Morgan fingerprint density at radius 1 is 0.421 bits per heavy atom. The molecule has 0 saturated heterocycles. The van der Waals surface area contributed by atoms with Crippen molar-refractivity contribution >= 4 is 15.8 Å². The molecule has 0 unspecified atom stereocenters. The van der Waals surface area contributed by atoms with E-state index < -0.39 is 0 Å². The summed E-state index contributed by atoms with van der Waals surface area (Å²) in [5, 5.41) is 0. The van der Waals surface area contributed by atoms with E-state index in [0.717, 1.165) is 0 Å². The molecule has 1 fully saturated rings. The first-order chi connectivity index (χ1) is 7.46. The maximum atomic E-state index is 2.27. The zero-order chi connectivity index (χ0) is 12.8. The van der Waals surface area contributed by atoms with Gasteiger partial charge in [-0.25, -0.2) is 0 Å². The summed E-state index contributed by atoms with van der Waals surface area (Å²) < 4.78 is 0. The summed E-state index contributed by atoms with van der Waals surface area (Å²) in [5.74, 6) is 0. The number of hydrogen-bond acceptors (Lipinski definition) is 0. The van der Waals surface area contributed by atoms with Gasteiger partial charge in [0.25, 0.3) is 0 Å². The third-order valence-electron chi connectivity index (χ3n) is 2.00. The van der Waals surface area contributed by atoms with Crippen molar-refractivity contribution in [2.75, 3.05) is 40.0 Å². The minimum absolute atomic E-state index is 0. The fourth-order valence-corrected chi connectivity index (χ4v) is 1.41. The van der Waals surface area contributed by atoms with Gasteiger partial charge in [-0.05, 0) is 15.8 Å². The van der Waals surface area contributed by atoms with Gasteiger partial charge in [0, 0.05) is 40.0 Å². The van der Waals surface area contributed by atoms with Crippen LogP contribution in [0.15, 0.2) is 0 Å². The molecule has 0 aromatic heterocycles. The molecule has 0 aromatic carbocycles. The molecule has 0 heterocycles. The summed E-state index contributed by atoms with van der Waals surface area (Å²) in [5.41, 5.74) is 0. The second-order valence-electron chi connectivity index (χ2n) is 5.83. The fraction of sp³-hybridized carbons (Fsp3) is 0.875. The molecule has 0 N–H and O–H groups in total. The van der Waals surface area contributed by atoms with Gasteiger partial charge in [0.1, 0.15) is 0 Å². The quantitative estimate of drug-likeness (QED) is 0.358. The van der Waals surface area contributed by atoms with Crippen LogP contribution in [-0.4, -0.2) is 40.0 Å². The van der Waals surface area contributed by atoms with Crippen LogP contribution in [0.5, 0.6) is 0 Å². The normalized spacial score (nSPS) is 13.9. The molecule has 1 rings (SSSR count). The van der Waals surface area contributed by atoms with Gasteiger partial charge in [0.15, 0.2) is 0 Å². The standard InChI is InChI=1S/C8H16.2C3H9P.2CH3.Co/c1-2-4-6-8-7-5-3-1;2*1-4(2)3;;;/h1-8H2;2*1-3H3;2*1H3;/q;;;2*-1;+2/p+2. The van der Waals surface area contributed by atoms with Crippen molar-refractivity contribution in [3.63, 3.8) is 0 Å². The van der Waals surface area contributed by atoms with E-state index >= 15 is 0 Å². The first-order valence-corrected chi connectivity index (χ1v) is 13.0. The fourth-order valence-electron chi connectivity index (χ4n) is 1.41. The van der Waals surface area contributed by atoms with Crippen LogP contribution < -0.4 is 0 Å². The second kappa shape index (κ2) is 27.7. The Balaban J connectivity index is -0.0000000526. The molecule has 19 heavy (non-hydrogen) atoms. The maximum absolute atomic E-state index is 2.27. The number of rotatable bonds is 0. The van der Waals surface area contributed by atoms with E-state index in [1.165, 1.54) is 51.4 Å². The van der Waals surface area contributed by atoms with Crippen LogP contribution in [0.4, 0.5) is 0 Å². The van der Waals surface area contributed by atoms with Crippen LogP contribution in [0.2, 0.25) is 0 Å². The predicted molar refractivity (Wildman–Crippen MR) is 102 cm³/mol. The first-order valence-electron chi connectivity index (χ1n) is 7.00. The third kappa shape index (κ3) is 66.6. The van der Waals surface area contributed by atoms with E-state index in [9.17, 15) is 0 Å². The maximum Gasteiger partial charge on any atom is 2.00 e. The molecule has 0 aromatic rings. The average molecular weight is 355 g/mol. The predicted octanol–water partition coefficient (Wildman–Crippen LogP) is 6.20. The largest absolute Gasteiger partial charge is 2.00 e.